The van der Waals surface area contributed by atoms with Crippen LogP contribution in [0.4, 0.5) is 5.82 Å². The van der Waals surface area contributed by atoms with Crippen LogP contribution in [0, 0.1) is 23.2 Å². The lowest BCUT2D eigenvalue weighted by Crippen LogP contribution is -2.37. The van der Waals surface area contributed by atoms with Gasteiger partial charge in [0, 0.05) is 30.0 Å². The van der Waals surface area contributed by atoms with E-state index in [-0.39, 0.29) is 17.9 Å². The number of halogens is 1. The molecule has 2 fully saturated rings. The molecule has 1 aliphatic heterocycles. The van der Waals surface area contributed by atoms with E-state index >= 15 is 0 Å². The highest BCUT2D eigenvalue weighted by molar-refractivity contribution is 6.30. The Morgan fingerprint density at radius 3 is 2.70 bits per heavy atom. The first-order chi connectivity index (χ1) is 14.6. The summed E-state index contributed by atoms with van der Waals surface area (Å²) in [7, 11) is 0. The summed E-state index contributed by atoms with van der Waals surface area (Å²) >= 11 is 5.99. The molecule has 0 radical (unpaired) electrons. The minimum Gasteiger partial charge on any atom is -0.370 e. The molecule has 8 heteroatoms. The van der Waals surface area contributed by atoms with Gasteiger partial charge in [-0.05, 0) is 49.3 Å². The van der Waals surface area contributed by atoms with Gasteiger partial charge >= 0.3 is 0 Å². The van der Waals surface area contributed by atoms with Crippen LogP contribution >= 0.6 is 11.6 Å². The number of nitrogens with zero attached hydrogens (tertiary/aromatic N) is 4. The molecule has 0 spiro atoms. The van der Waals surface area contributed by atoms with Crippen LogP contribution in [0.1, 0.15) is 49.4 Å². The number of aromatic nitrogens is 2. The van der Waals surface area contributed by atoms with Crippen LogP contribution in [-0.4, -0.2) is 34.1 Å². The lowest BCUT2D eigenvalue weighted by Gasteiger charge is -2.32. The van der Waals surface area contributed by atoms with E-state index in [9.17, 15) is 4.79 Å². The van der Waals surface area contributed by atoms with Crippen molar-refractivity contribution in [2.45, 2.75) is 38.1 Å². The number of amides is 1. The van der Waals surface area contributed by atoms with E-state index in [1.165, 1.54) is 6.33 Å². The molecule has 4 rings (SSSR count). The van der Waals surface area contributed by atoms with Crippen molar-refractivity contribution < 1.29 is 9.63 Å². The average Bonchev–Trinajstić information content (AvgIpc) is 3.28. The number of carbonyl (C=O) groups excluding carboxylic acids is 1. The Bertz CT molecular complexity index is 922. The third-order valence-electron chi connectivity index (χ3n) is 5.93. The second-order valence-corrected chi connectivity index (χ2v) is 8.29. The number of nitrogens with one attached hydrogen (secondary N) is 1. The Kier molecular flexibility index (Phi) is 6.46. The Balaban J connectivity index is 1.29. The summed E-state index contributed by atoms with van der Waals surface area (Å²) in [6.45, 7) is 1.33. The Hall–Kier alpha value is -2.69. The molecule has 156 valence electrons. The van der Waals surface area contributed by atoms with Gasteiger partial charge in [0.1, 0.15) is 23.9 Å². The van der Waals surface area contributed by atoms with Gasteiger partial charge in [0.15, 0.2) is 0 Å². The third-order valence-corrected chi connectivity index (χ3v) is 6.18. The highest BCUT2D eigenvalue weighted by Gasteiger charge is 2.37. The topological polar surface area (TPSA) is 91.1 Å². The van der Waals surface area contributed by atoms with Gasteiger partial charge in [0.25, 0.3) is 0 Å². The maximum Gasteiger partial charge on any atom is 0.249 e. The molecule has 7 nitrogen and oxygen atoms in total. The summed E-state index contributed by atoms with van der Waals surface area (Å²) in [6, 6.07) is 11.3. The third kappa shape index (κ3) is 4.72. The molecule has 1 aliphatic carbocycles. The number of carbonyl (C=O) groups is 1. The van der Waals surface area contributed by atoms with Crippen molar-refractivity contribution in [3.05, 3.63) is 52.9 Å². The van der Waals surface area contributed by atoms with Crippen LogP contribution in [0.25, 0.3) is 0 Å². The van der Waals surface area contributed by atoms with Crippen molar-refractivity contribution in [1.29, 1.82) is 5.26 Å². The molecule has 1 aromatic heterocycles. The summed E-state index contributed by atoms with van der Waals surface area (Å²) in [5.41, 5.74) is 1.41. The molecule has 2 aromatic rings. The second-order valence-electron chi connectivity index (χ2n) is 7.85. The Morgan fingerprint density at radius 2 is 1.97 bits per heavy atom. The maximum atomic E-state index is 13.1. The minimum atomic E-state index is -0.0405. The Labute approximate surface area is 181 Å². The SMILES string of the molecule is N#Cc1cc(NC[C@H]2CC[C@H](C(=O)N3OCC[C@H]3c3ccc(Cl)cc3)CC2)ncn1. The lowest BCUT2D eigenvalue weighted by molar-refractivity contribution is -0.183. The number of benzene rings is 1. The normalized spacial score (nSPS) is 23.7. The predicted octanol–water partition coefficient (Wildman–Crippen LogP) is 4.13. The molecule has 1 aromatic carbocycles. The molecular formula is C22H24ClN5O2. The molecule has 1 saturated carbocycles. The van der Waals surface area contributed by atoms with Gasteiger partial charge in [-0.25, -0.2) is 15.0 Å². The van der Waals surface area contributed by atoms with E-state index < -0.39 is 0 Å². The number of hydrogen-bond acceptors (Lipinski definition) is 6. The van der Waals surface area contributed by atoms with Crippen LogP contribution in [-0.2, 0) is 9.63 Å². The smallest absolute Gasteiger partial charge is 0.249 e. The molecule has 1 saturated heterocycles. The average molecular weight is 426 g/mol. The van der Waals surface area contributed by atoms with E-state index in [1.807, 2.05) is 30.3 Å². The summed E-state index contributed by atoms with van der Waals surface area (Å²) in [4.78, 5) is 26.9. The van der Waals surface area contributed by atoms with Crippen molar-refractivity contribution in [2.75, 3.05) is 18.5 Å². The number of anilines is 1. The minimum absolute atomic E-state index is 0.00149. The molecular weight excluding hydrogens is 402 g/mol. The lowest BCUT2D eigenvalue weighted by atomic mass is 9.81. The van der Waals surface area contributed by atoms with Gasteiger partial charge in [-0.2, -0.15) is 5.26 Å². The fourth-order valence-electron chi connectivity index (χ4n) is 4.23. The first-order valence-electron chi connectivity index (χ1n) is 10.3. The van der Waals surface area contributed by atoms with Gasteiger partial charge in [0.2, 0.25) is 5.91 Å². The highest BCUT2D eigenvalue weighted by atomic mass is 35.5. The van der Waals surface area contributed by atoms with Gasteiger partial charge in [-0.1, -0.05) is 23.7 Å². The van der Waals surface area contributed by atoms with Crippen LogP contribution < -0.4 is 5.32 Å². The molecule has 30 heavy (non-hydrogen) atoms. The van der Waals surface area contributed by atoms with Gasteiger partial charge < -0.3 is 5.32 Å². The monoisotopic (exact) mass is 425 g/mol. The maximum absolute atomic E-state index is 13.1. The molecule has 0 bridgehead atoms. The summed E-state index contributed by atoms with van der Waals surface area (Å²) in [5.74, 6) is 1.23. The predicted molar refractivity (Wildman–Crippen MR) is 112 cm³/mol. The van der Waals surface area contributed by atoms with Crippen molar-refractivity contribution >= 4 is 23.3 Å². The molecule has 2 heterocycles. The zero-order valence-electron chi connectivity index (χ0n) is 16.6. The zero-order valence-corrected chi connectivity index (χ0v) is 17.4. The first kappa shape index (κ1) is 20.6. The van der Waals surface area contributed by atoms with Crippen LogP contribution in [0.3, 0.4) is 0 Å². The van der Waals surface area contributed by atoms with E-state index in [2.05, 4.69) is 15.3 Å². The number of hydrogen-bond donors (Lipinski definition) is 1. The fraction of sp³-hybridized carbons (Fsp3) is 0.455. The van der Waals surface area contributed by atoms with Crippen LogP contribution in [0.15, 0.2) is 36.7 Å². The van der Waals surface area contributed by atoms with E-state index in [4.69, 9.17) is 21.7 Å². The second kappa shape index (κ2) is 9.41. The number of hydroxylamine groups is 2. The van der Waals surface area contributed by atoms with Crippen LogP contribution in [0.2, 0.25) is 5.02 Å². The largest absolute Gasteiger partial charge is 0.370 e. The standard InChI is InChI=1S/C22H24ClN5O2/c23-18-7-5-16(6-8-18)20-9-10-30-28(20)22(29)17-3-1-15(2-4-17)13-25-21-11-19(12-24)26-14-27-21/h5-8,11,14-15,17,20H,1-4,9-10,13H2,(H,25,26,27)/t15-,17-,20-/m0/s1. The number of rotatable bonds is 5. The van der Waals surface area contributed by atoms with Gasteiger partial charge in [0.05, 0.1) is 12.6 Å². The molecule has 2 aliphatic rings. The molecule has 1 N–H and O–H groups in total. The molecule has 1 atom stereocenters. The fourth-order valence-corrected chi connectivity index (χ4v) is 4.36. The first-order valence-corrected chi connectivity index (χ1v) is 10.7. The van der Waals surface area contributed by atoms with Crippen molar-refractivity contribution in [2.24, 2.45) is 11.8 Å². The highest BCUT2D eigenvalue weighted by Crippen LogP contribution is 2.36. The van der Waals surface area contributed by atoms with E-state index in [1.54, 1.807) is 11.1 Å². The quantitative estimate of drug-likeness (QED) is 0.774. The van der Waals surface area contributed by atoms with Gasteiger partial charge in [-0.3, -0.25) is 9.63 Å². The van der Waals surface area contributed by atoms with Gasteiger partial charge in [-0.15, -0.1) is 0 Å². The van der Waals surface area contributed by atoms with Crippen molar-refractivity contribution in [3.8, 4) is 6.07 Å². The molecule has 0 unspecified atom stereocenters. The van der Waals surface area contributed by atoms with E-state index in [0.29, 0.717) is 29.1 Å². The van der Waals surface area contributed by atoms with Crippen LogP contribution in [0.5, 0.6) is 0 Å². The Morgan fingerprint density at radius 1 is 1.20 bits per heavy atom. The van der Waals surface area contributed by atoms with E-state index in [0.717, 1.165) is 44.2 Å². The van der Waals surface area contributed by atoms with Crippen molar-refractivity contribution in [1.82, 2.24) is 15.0 Å². The number of nitriles is 1. The summed E-state index contributed by atoms with van der Waals surface area (Å²) in [6.07, 6.45) is 5.84. The molecule has 1 amide bonds. The zero-order chi connectivity index (χ0) is 20.9. The summed E-state index contributed by atoms with van der Waals surface area (Å²) in [5, 5.41) is 14.5. The summed E-state index contributed by atoms with van der Waals surface area (Å²) < 4.78 is 0. The van der Waals surface area contributed by atoms with Crippen molar-refractivity contribution in [3.63, 3.8) is 0 Å².